The fourth-order valence-corrected chi connectivity index (χ4v) is 3.18. The zero-order chi connectivity index (χ0) is 17.2. The van der Waals surface area contributed by atoms with Crippen LogP contribution in [-0.4, -0.2) is 23.3 Å². The van der Waals surface area contributed by atoms with Crippen molar-refractivity contribution < 1.29 is 9.59 Å². The Bertz CT molecular complexity index is 511. The Morgan fingerprint density at radius 1 is 1.00 bits per heavy atom. The molecule has 1 heterocycles. The van der Waals surface area contributed by atoms with Crippen LogP contribution in [0.4, 0.5) is 0 Å². The quantitative estimate of drug-likeness (QED) is 0.720. The van der Waals surface area contributed by atoms with Gasteiger partial charge in [-0.25, -0.2) is 0 Å². The van der Waals surface area contributed by atoms with Gasteiger partial charge in [0.05, 0.1) is 0 Å². The van der Waals surface area contributed by atoms with Gasteiger partial charge in [-0.2, -0.15) is 0 Å². The van der Waals surface area contributed by atoms with Gasteiger partial charge in [0, 0.05) is 37.3 Å². The number of hydrogen-bond acceptors (Lipinski definition) is 3. The SMILES string of the molecule is CCCCCNC(=O)C1CCC(C(=O)NCc2ccncc2)CC1. The van der Waals surface area contributed by atoms with E-state index in [-0.39, 0.29) is 23.7 Å². The molecule has 1 aromatic heterocycles. The third-order valence-corrected chi connectivity index (χ3v) is 4.76. The Morgan fingerprint density at radius 2 is 1.58 bits per heavy atom. The molecule has 0 unspecified atom stereocenters. The number of amides is 2. The van der Waals surface area contributed by atoms with Crippen LogP contribution in [0.25, 0.3) is 0 Å². The first-order valence-corrected chi connectivity index (χ1v) is 9.15. The number of pyridine rings is 1. The summed E-state index contributed by atoms with van der Waals surface area (Å²) in [4.78, 5) is 28.4. The van der Waals surface area contributed by atoms with Crippen molar-refractivity contribution in [3.05, 3.63) is 30.1 Å². The Hall–Kier alpha value is -1.91. The maximum atomic E-state index is 12.3. The summed E-state index contributed by atoms with van der Waals surface area (Å²) in [6.07, 6.45) is 10.1. The molecule has 1 aliphatic rings. The lowest BCUT2D eigenvalue weighted by atomic mass is 9.81. The van der Waals surface area contributed by atoms with Crippen molar-refractivity contribution in [1.29, 1.82) is 0 Å². The number of nitrogens with zero attached hydrogens (tertiary/aromatic N) is 1. The number of unbranched alkanes of at least 4 members (excludes halogenated alkanes) is 2. The van der Waals surface area contributed by atoms with Crippen molar-refractivity contribution in [3.8, 4) is 0 Å². The normalized spacial score (nSPS) is 20.4. The lowest BCUT2D eigenvalue weighted by Gasteiger charge is -2.27. The van der Waals surface area contributed by atoms with Crippen LogP contribution in [-0.2, 0) is 16.1 Å². The summed E-state index contributed by atoms with van der Waals surface area (Å²) < 4.78 is 0. The van der Waals surface area contributed by atoms with Crippen LogP contribution in [0.15, 0.2) is 24.5 Å². The molecule has 0 aliphatic heterocycles. The van der Waals surface area contributed by atoms with Gasteiger partial charge in [0.15, 0.2) is 0 Å². The van der Waals surface area contributed by atoms with E-state index in [2.05, 4.69) is 22.5 Å². The lowest BCUT2D eigenvalue weighted by Crippen LogP contribution is -2.37. The number of rotatable bonds is 8. The molecule has 1 fully saturated rings. The Kier molecular flexibility index (Phi) is 7.72. The van der Waals surface area contributed by atoms with Crippen LogP contribution in [0.2, 0.25) is 0 Å². The van der Waals surface area contributed by atoms with E-state index in [1.165, 1.54) is 0 Å². The van der Waals surface area contributed by atoms with Crippen LogP contribution < -0.4 is 10.6 Å². The molecule has 1 saturated carbocycles. The van der Waals surface area contributed by atoms with Crippen molar-refractivity contribution in [3.63, 3.8) is 0 Å². The minimum absolute atomic E-state index is 0.0379. The first kappa shape index (κ1) is 18.4. The van der Waals surface area contributed by atoms with Crippen LogP contribution in [0, 0.1) is 11.8 Å². The van der Waals surface area contributed by atoms with Gasteiger partial charge in [-0.15, -0.1) is 0 Å². The standard InChI is InChI=1S/C19H29N3O2/c1-2-3-4-11-21-18(23)16-5-7-17(8-6-16)19(24)22-14-15-9-12-20-13-10-15/h9-10,12-13,16-17H,2-8,11,14H2,1H3,(H,21,23)(H,22,24). The maximum Gasteiger partial charge on any atom is 0.223 e. The van der Waals surface area contributed by atoms with E-state index in [0.717, 1.165) is 57.1 Å². The van der Waals surface area contributed by atoms with Crippen molar-refractivity contribution in [2.45, 2.75) is 58.4 Å². The first-order valence-electron chi connectivity index (χ1n) is 9.15. The molecule has 2 rings (SSSR count). The molecule has 0 radical (unpaired) electrons. The first-order chi connectivity index (χ1) is 11.7. The topological polar surface area (TPSA) is 71.1 Å². The number of carbonyl (C=O) groups is 2. The minimum atomic E-state index is 0.0379. The Labute approximate surface area is 144 Å². The molecule has 5 heteroatoms. The molecule has 1 aliphatic carbocycles. The van der Waals surface area contributed by atoms with E-state index in [1.807, 2.05) is 12.1 Å². The largest absolute Gasteiger partial charge is 0.356 e. The molecule has 24 heavy (non-hydrogen) atoms. The van der Waals surface area contributed by atoms with E-state index in [4.69, 9.17) is 0 Å². The second-order valence-corrected chi connectivity index (χ2v) is 6.62. The predicted molar refractivity (Wildman–Crippen MR) is 94.1 cm³/mol. The average molecular weight is 331 g/mol. The van der Waals surface area contributed by atoms with Crippen LogP contribution in [0.5, 0.6) is 0 Å². The highest BCUT2D eigenvalue weighted by atomic mass is 16.2. The Balaban J connectivity index is 1.66. The van der Waals surface area contributed by atoms with Gasteiger partial charge in [0.25, 0.3) is 0 Å². The van der Waals surface area contributed by atoms with E-state index < -0.39 is 0 Å². The lowest BCUT2D eigenvalue weighted by molar-refractivity contribution is -0.130. The van der Waals surface area contributed by atoms with Gasteiger partial charge in [-0.1, -0.05) is 19.8 Å². The fraction of sp³-hybridized carbons (Fsp3) is 0.632. The second kappa shape index (κ2) is 10.1. The predicted octanol–water partition coefficient (Wildman–Crippen LogP) is 2.81. The zero-order valence-electron chi connectivity index (χ0n) is 14.6. The summed E-state index contributed by atoms with van der Waals surface area (Å²) in [6.45, 7) is 3.47. The van der Waals surface area contributed by atoms with Crippen molar-refractivity contribution in [2.24, 2.45) is 11.8 Å². The monoisotopic (exact) mass is 331 g/mol. The van der Waals surface area contributed by atoms with Crippen LogP contribution in [0.1, 0.15) is 57.4 Å². The van der Waals surface area contributed by atoms with E-state index in [0.29, 0.717) is 6.54 Å². The third kappa shape index (κ3) is 5.95. The minimum Gasteiger partial charge on any atom is -0.356 e. The molecule has 0 bridgehead atoms. The molecular weight excluding hydrogens is 302 g/mol. The summed E-state index contributed by atoms with van der Waals surface area (Å²) in [6, 6.07) is 3.81. The highest BCUT2D eigenvalue weighted by Crippen LogP contribution is 2.29. The zero-order valence-corrected chi connectivity index (χ0v) is 14.6. The van der Waals surface area contributed by atoms with E-state index in [1.54, 1.807) is 12.4 Å². The summed E-state index contributed by atoms with van der Waals surface area (Å²) in [7, 11) is 0. The van der Waals surface area contributed by atoms with Crippen LogP contribution in [0.3, 0.4) is 0 Å². The van der Waals surface area contributed by atoms with E-state index >= 15 is 0 Å². The van der Waals surface area contributed by atoms with Crippen molar-refractivity contribution >= 4 is 11.8 Å². The van der Waals surface area contributed by atoms with Gasteiger partial charge in [0.1, 0.15) is 0 Å². The van der Waals surface area contributed by atoms with E-state index in [9.17, 15) is 9.59 Å². The average Bonchev–Trinajstić information content (AvgIpc) is 2.64. The number of aromatic nitrogens is 1. The molecular formula is C19H29N3O2. The molecule has 2 amide bonds. The second-order valence-electron chi connectivity index (χ2n) is 6.62. The third-order valence-electron chi connectivity index (χ3n) is 4.76. The van der Waals surface area contributed by atoms with Gasteiger partial charge < -0.3 is 10.6 Å². The highest BCUT2D eigenvalue weighted by molar-refractivity contribution is 5.81. The summed E-state index contributed by atoms with van der Waals surface area (Å²) in [5.74, 6) is 0.391. The number of nitrogens with one attached hydrogen (secondary N) is 2. The molecule has 5 nitrogen and oxygen atoms in total. The summed E-state index contributed by atoms with van der Waals surface area (Å²) >= 11 is 0. The molecule has 0 atom stereocenters. The smallest absolute Gasteiger partial charge is 0.223 e. The molecule has 1 aromatic rings. The summed E-state index contributed by atoms with van der Waals surface area (Å²) in [5, 5.41) is 6.03. The fourth-order valence-electron chi connectivity index (χ4n) is 3.18. The molecule has 2 N–H and O–H groups in total. The van der Waals surface area contributed by atoms with Gasteiger partial charge >= 0.3 is 0 Å². The van der Waals surface area contributed by atoms with Gasteiger partial charge in [-0.3, -0.25) is 14.6 Å². The van der Waals surface area contributed by atoms with Crippen LogP contribution >= 0.6 is 0 Å². The van der Waals surface area contributed by atoms with Crippen molar-refractivity contribution in [2.75, 3.05) is 6.54 Å². The number of carbonyl (C=O) groups excluding carboxylic acids is 2. The van der Waals surface area contributed by atoms with Gasteiger partial charge in [-0.05, 0) is 49.8 Å². The van der Waals surface area contributed by atoms with Gasteiger partial charge in [0.2, 0.25) is 11.8 Å². The molecule has 0 aromatic carbocycles. The highest BCUT2D eigenvalue weighted by Gasteiger charge is 2.29. The summed E-state index contributed by atoms with van der Waals surface area (Å²) in [5.41, 5.74) is 1.05. The van der Waals surface area contributed by atoms with Crippen molar-refractivity contribution in [1.82, 2.24) is 15.6 Å². The molecule has 132 valence electrons. The molecule has 0 saturated heterocycles. The molecule has 0 spiro atoms. The maximum absolute atomic E-state index is 12.3. The Morgan fingerprint density at radius 3 is 2.17 bits per heavy atom. The number of hydrogen-bond donors (Lipinski definition) is 2.